The lowest BCUT2D eigenvalue weighted by Gasteiger charge is -2.37. The topological polar surface area (TPSA) is 41.5 Å². The number of aromatic nitrogens is 2. The van der Waals surface area contributed by atoms with Crippen molar-refractivity contribution >= 4 is 5.95 Å². The van der Waals surface area contributed by atoms with Gasteiger partial charge in [0.15, 0.2) is 0 Å². The number of nitrogens with zero attached hydrogens (tertiary/aromatic N) is 4. The molecule has 3 aliphatic rings. The van der Waals surface area contributed by atoms with Crippen LogP contribution in [0.15, 0.2) is 12.3 Å². The Balaban J connectivity index is 1.36. The molecular weight excluding hydrogens is 312 g/mol. The minimum atomic E-state index is 0.145. The van der Waals surface area contributed by atoms with Crippen LogP contribution in [0.3, 0.4) is 0 Å². The highest BCUT2D eigenvalue weighted by Crippen LogP contribution is 2.41. The van der Waals surface area contributed by atoms with Crippen LogP contribution in [-0.2, 0) is 4.74 Å². The molecule has 0 spiro atoms. The average Bonchev–Trinajstić information content (AvgIpc) is 3.06. The summed E-state index contributed by atoms with van der Waals surface area (Å²) in [5.41, 5.74) is 1.05. The van der Waals surface area contributed by atoms with Crippen molar-refractivity contribution in [3.8, 4) is 0 Å². The van der Waals surface area contributed by atoms with Crippen LogP contribution in [0, 0.1) is 11.8 Å². The van der Waals surface area contributed by atoms with Crippen LogP contribution in [0.25, 0.3) is 0 Å². The zero-order chi connectivity index (χ0) is 17.2. The number of piperidine rings is 1. The fraction of sp³-hybridized carbons (Fsp3) is 0.800. The lowest BCUT2D eigenvalue weighted by atomic mass is 9.87. The molecule has 3 heterocycles. The summed E-state index contributed by atoms with van der Waals surface area (Å²) in [4.78, 5) is 13.7. The maximum Gasteiger partial charge on any atom is 0.225 e. The smallest absolute Gasteiger partial charge is 0.225 e. The Morgan fingerprint density at radius 3 is 2.84 bits per heavy atom. The van der Waals surface area contributed by atoms with E-state index in [0.717, 1.165) is 30.5 Å². The van der Waals surface area contributed by atoms with Crippen LogP contribution in [0.5, 0.6) is 0 Å². The molecule has 4 rings (SSSR count). The first-order valence-electron chi connectivity index (χ1n) is 10.1. The molecule has 2 saturated heterocycles. The third-order valence-electron chi connectivity index (χ3n) is 6.27. The molecule has 0 unspecified atom stereocenters. The first-order valence-corrected chi connectivity index (χ1v) is 10.1. The number of likely N-dealkylation sites (tertiary alicyclic amines) is 1. The lowest BCUT2D eigenvalue weighted by Crippen LogP contribution is -2.44. The number of hydrogen-bond acceptors (Lipinski definition) is 5. The molecular formula is C20H32N4O. The summed E-state index contributed by atoms with van der Waals surface area (Å²) >= 11 is 0. The molecule has 1 aromatic rings. The molecule has 2 aliphatic heterocycles. The van der Waals surface area contributed by atoms with Gasteiger partial charge in [-0.05, 0) is 50.1 Å². The summed E-state index contributed by atoms with van der Waals surface area (Å²) in [6, 6.07) is 2.02. The number of ether oxygens (including phenoxy) is 1. The van der Waals surface area contributed by atoms with Crippen molar-refractivity contribution in [3.63, 3.8) is 0 Å². The first kappa shape index (κ1) is 17.2. The molecule has 3 fully saturated rings. The Morgan fingerprint density at radius 1 is 1.20 bits per heavy atom. The van der Waals surface area contributed by atoms with E-state index in [4.69, 9.17) is 9.72 Å². The second-order valence-electron chi connectivity index (χ2n) is 8.39. The monoisotopic (exact) mass is 344 g/mol. The second kappa shape index (κ2) is 7.58. The number of hydrogen-bond donors (Lipinski definition) is 0. The molecule has 25 heavy (non-hydrogen) atoms. The van der Waals surface area contributed by atoms with Crippen LogP contribution in [-0.4, -0.2) is 54.7 Å². The van der Waals surface area contributed by atoms with Gasteiger partial charge in [0.2, 0.25) is 5.95 Å². The summed E-state index contributed by atoms with van der Waals surface area (Å²) in [6.07, 6.45) is 12.0. The van der Waals surface area contributed by atoms with Gasteiger partial charge in [0.25, 0.3) is 0 Å². The summed E-state index contributed by atoms with van der Waals surface area (Å²) in [5, 5.41) is 0. The number of fused-ring (bicyclic) bond motifs is 1. The standard InChI is InChI=1S/C20H32N4O/c1-23(2)20-21-10-8-17(22-20)18-12-16-9-11-24(14-19(16)25-18)13-15-6-4-3-5-7-15/h8,10,15-16,18-19H,3-7,9,11-14H2,1-2H3/t16-,18-,19+/m0/s1. The maximum absolute atomic E-state index is 6.46. The molecule has 0 amide bonds. The third-order valence-corrected chi connectivity index (χ3v) is 6.27. The first-order chi connectivity index (χ1) is 12.2. The minimum Gasteiger partial charge on any atom is -0.367 e. The Kier molecular flexibility index (Phi) is 5.23. The van der Waals surface area contributed by atoms with E-state index < -0.39 is 0 Å². The third kappa shape index (κ3) is 3.98. The van der Waals surface area contributed by atoms with Crippen molar-refractivity contribution in [3.05, 3.63) is 18.0 Å². The largest absolute Gasteiger partial charge is 0.367 e. The van der Waals surface area contributed by atoms with Gasteiger partial charge in [-0.2, -0.15) is 0 Å². The molecule has 1 aromatic heterocycles. The summed E-state index contributed by atoms with van der Waals surface area (Å²) in [7, 11) is 3.97. The van der Waals surface area contributed by atoms with E-state index >= 15 is 0 Å². The molecule has 1 saturated carbocycles. The fourth-order valence-corrected chi connectivity index (χ4v) is 4.84. The quantitative estimate of drug-likeness (QED) is 0.838. The van der Waals surface area contributed by atoms with Gasteiger partial charge in [-0.15, -0.1) is 0 Å². The van der Waals surface area contributed by atoms with E-state index in [1.807, 2.05) is 31.3 Å². The van der Waals surface area contributed by atoms with Crippen LogP contribution in [0.4, 0.5) is 5.95 Å². The zero-order valence-corrected chi connectivity index (χ0v) is 15.7. The Morgan fingerprint density at radius 2 is 2.04 bits per heavy atom. The highest BCUT2D eigenvalue weighted by atomic mass is 16.5. The van der Waals surface area contributed by atoms with Gasteiger partial charge in [0, 0.05) is 33.4 Å². The second-order valence-corrected chi connectivity index (χ2v) is 8.39. The predicted molar refractivity (Wildman–Crippen MR) is 99.7 cm³/mol. The van der Waals surface area contributed by atoms with Crippen molar-refractivity contribution in [2.24, 2.45) is 11.8 Å². The van der Waals surface area contributed by atoms with Gasteiger partial charge in [-0.25, -0.2) is 9.97 Å². The van der Waals surface area contributed by atoms with E-state index in [1.165, 1.54) is 51.6 Å². The molecule has 1 aliphatic carbocycles. The van der Waals surface area contributed by atoms with Crippen molar-refractivity contribution in [1.29, 1.82) is 0 Å². The van der Waals surface area contributed by atoms with Gasteiger partial charge in [-0.3, -0.25) is 0 Å². The normalized spacial score (nSPS) is 31.0. The number of anilines is 1. The molecule has 0 bridgehead atoms. The van der Waals surface area contributed by atoms with E-state index in [9.17, 15) is 0 Å². The van der Waals surface area contributed by atoms with Crippen molar-refractivity contribution in [1.82, 2.24) is 14.9 Å². The van der Waals surface area contributed by atoms with Crippen LogP contribution < -0.4 is 4.90 Å². The molecule has 0 radical (unpaired) electrons. The summed E-state index contributed by atoms with van der Waals surface area (Å²) in [5.74, 6) is 2.40. The Hall–Kier alpha value is -1.20. The lowest BCUT2D eigenvalue weighted by molar-refractivity contribution is -0.0132. The van der Waals surface area contributed by atoms with Gasteiger partial charge in [0.05, 0.1) is 11.8 Å². The predicted octanol–water partition coefficient (Wildman–Crippen LogP) is 3.27. The van der Waals surface area contributed by atoms with Gasteiger partial charge < -0.3 is 14.5 Å². The number of rotatable bonds is 4. The van der Waals surface area contributed by atoms with Crippen molar-refractivity contribution in [2.75, 3.05) is 38.6 Å². The molecule has 5 nitrogen and oxygen atoms in total. The molecule has 0 aromatic carbocycles. The van der Waals surface area contributed by atoms with E-state index in [1.54, 1.807) is 0 Å². The Labute approximate surface area is 151 Å². The molecule has 138 valence electrons. The van der Waals surface area contributed by atoms with Gasteiger partial charge in [0.1, 0.15) is 6.10 Å². The maximum atomic E-state index is 6.46. The molecule has 5 heteroatoms. The van der Waals surface area contributed by atoms with Crippen LogP contribution in [0.1, 0.15) is 56.7 Å². The minimum absolute atomic E-state index is 0.145. The summed E-state index contributed by atoms with van der Waals surface area (Å²) < 4.78 is 6.46. The molecule has 3 atom stereocenters. The van der Waals surface area contributed by atoms with Crippen LogP contribution in [0.2, 0.25) is 0 Å². The highest BCUT2D eigenvalue weighted by Gasteiger charge is 2.40. The van der Waals surface area contributed by atoms with E-state index in [2.05, 4.69) is 9.88 Å². The molecule has 0 N–H and O–H groups in total. The zero-order valence-electron chi connectivity index (χ0n) is 15.7. The Bertz CT molecular complexity index is 573. The fourth-order valence-electron chi connectivity index (χ4n) is 4.84. The van der Waals surface area contributed by atoms with E-state index in [-0.39, 0.29) is 6.10 Å². The summed E-state index contributed by atoms with van der Waals surface area (Å²) in [6.45, 7) is 3.65. The van der Waals surface area contributed by atoms with Crippen molar-refractivity contribution < 1.29 is 4.74 Å². The average molecular weight is 345 g/mol. The SMILES string of the molecule is CN(C)c1nccc([C@@H]2C[C@@H]3CCN(CC4CCCCC4)C[C@H]3O2)n1. The van der Waals surface area contributed by atoms with E-state index in [0.29, 0.717) is 12.0 Å². The van der Waals surface area contributed by atoms with Gasteiger partial charge >= 0.3 is 0 Å². The van der Waals surface area contributed by atoms with Crippen LogP contribution >= 0.6 is 0 Å². The van der Waals surface area contributed by atoms with Crippen molar-refractivity contribution in [2.45, 2.75) is 57.2 Å². The highest BCUT2D eigenvalue weighted by molar-refractivity contribution is 5.28. The van der Waals surface area contributed by atoms with Gasteiger partial charge in [-0.1, -0.05) is 19.3 Å².